The third kappa shape index (κ3) is 5.53. The summed E-state index contributed by atoms with van der Waals surface area (Å²) in [6.45, 7) is 4.98. The van der Waals surface area contributed by atoms with Crippen LogP contribution in [-0.2, 0) is 14.3 Å². The number of nitrogens with one attached hydrogen (secondary N) is 1. The number of hydrogen-bond acceptors (Lipinski definition) is 5. The molecule has 1 N–H and O–H groups in total. The van der Waals surface area contributed by atoms with Crippen LogP contribution in [0.3, 0.4) is 0 Å². The molecule has 28 heavy (non-hydrogen) atoms. The van der Waals surface area contributed by atoms with Crippen LogP contribution in [0.2, 0.25) is 5.02 Å². The molecule has 2 aromatic carbocycles. The lowest BCUT2D eigenvalue weighted by molar-refractivity contribution is -0.384. The Morgan fingerprint density at radius 1 is 1.18 bits per heavy atom. The van der Waals surface area contributed by atoms with Crippen molar-refractivity contribution in [1.29, 1.82) is 0 Å². The zero-order valence-corrected chi connectivity index (χ0v) is 16.5. The molecule has 1 amide bonds. The largest absolute Gasteiger partial charge is 0.455 e. The Bertz CT molecular complexity index is 881. The van der Waals surface area contributed by atoms with Crippen molar-refractivity contribution in [2.24, 2.45) is 5.92 Å². The van der Waals surface area contributed by atoms with Crippen LogP contribution < -0.4 is 5.32 Å². The number of esters is 1. The van der Waals surface area contributed by atoms with Crippen LogP contribution in [0.5, 0.6) is 0 Å². The summed E-state index contributed by atoms with van der Waals surface area (Å²) in [5, 5.41) is 14.0. The number of carbonyl (C=O) groups is 2. The van der Waals surface area contributed by atoms with Crippen molar-refractivity contribution in [2.75, 3.05) is 11.9 Å². The van der Waals surface area contributed by atoms with Crippen molar-refractivity contribution in [3.05, 3.63) is 68.7 Å². The average Bonchev–Trinajstić information content (AvgIpc) is 2.63. The predicted molar refractivity (Wildman–Crippen MR) is 106 cm³/mol. The van der Waals surface area contributed by atoms with E-state index < -0.39 is 29.3 Å². The number of aryl methyl sites for hydroxylation is 1. The van der Waals surface area contributed by atoms with Gasteiger partial charge in [-0.1, -0.05) is 43.6 Å². The molecule has 2 aromatic rings. The summed E-state index contributed by atoms with van der Waals surface area (Å²) in [5.74, 6) is -1.68. The molecule has 0 aliphatic carbocycles. The third-order valence-corrected chi connectivity index (χ3v) is 4.45. The molecule has 0 fully saturated rings. The lowest BCUT2D eigenvalue weighted by Crippen LogP contribution is -2.26. The van der Waals surface area contributed by atoms with E-state index >= 15 is 0 Å². The van der Waals surface area contributed by atoms with Gasteiger partial charge in [-0.25, -0.2) is 0 Å². The monoisotopic (exact) mass is 404 g/mol. The van der Waals surface area contributed by atoms with Gasteiger partial charge in [-0.15, -0.1) is 0 Å². The highest BCUT2D eigenvalue weighted by Crippen LogP contribution is 2.27. The van der Waals surface area contributed by atoms with Crippen molar-refractivity contribution in [1.82, 2.24) is 0 Å². The maximum absolute atomic E-state index is 12.5. The lowest BCUT2D eigenvalue weighted by Gasteiger charge is -2.20. The number of rotatable bonds is 7. The van der Waals surface area contributed by atoms with E-state index in [0.717, 1.165) is 5.56 Å². The number of carbonyl (C=O) groups excluding carboxylic acids is 2. The molecule has 2 rings (SSSR count). The van der Waals surface area contributed by atoms with E-state index in [1.165, 1.54) is 18.2 Å². The fourth-order valence-electron chi connectivity index (χ4n) is 2.73. The highest BCUT2D eigenvalue weighted by Gasteiger charge is 2.26. The maximum atomic E-state index is 12.5. The van der Waals surface area contributed by atoms with Gasteiger partial charge in [0.05, 0.1) is 16.5 Å². The van der Waals surface area contributed by atoms with E-state index in [9.17, 15) is 19.7 Å². The molecule has 148 valence electrons. The zero-order valence-electron chi connectivity index (χ0n) is 15.8. The van der Waals surface area contributed by atoms with Gasteiger partial charge in [0.25, 0.3) is 11.6 Å². The van der Waals surface area contributed by atoms with Crippen LogP contribution in [0, 0.1) is 23.0 Å². The summed E-state index contributed by atoms with van der Waals surface area (Å²) < 4.78 is 5.18. The van der Waals surface area contributed by atoms with E-state index in [1.54, 1.807) is 31.2 Å². The van der Waals surface area contributed by atoms with Gasteiger partial charge in [-0.05, 0) is 36.1 Å². The molecule has 0 bridgehead atoms. The summed E-state index contributed by atoms with van der Waals surface area (Å²) in [5.41, 5.74) is 1.57. The number of ether oxygens (including phenoxy) is 1. The number of non-ortho nitro benzene ring substituents is 1. The van der Waals surface area contributed by atoms with Gasteiger partial charge in [0.1, 0.15) is 0 Å². The number of benzene rings is 2. The third-order valence-electron chi connectivity index (χ3n) is 4.20. The molecule has 0 spiro atoms. The van der Waals surface area contributed by atoms with Gasteiger partial charge in [0.2, 0.25) is 0 Å². The van der Waals surface area contributed by atoms with E-state index in [0.29, 0.717) is 16.3 Å². The number of nitrogens with zero attached hydrogens (tertiary/aromatic N) is 1. The van der Waals surface area contributed by atoms with Crippen LogP contribution in [0.4, 0.5) is 11.4 Å². The molecule has 0 saturated heterocycles. The molecule has 0 aromatic heterocycles. The van der Waals surface area contributed by atoms with Crippen molar-refractivity contribution >= 4 is 34.9 Å². The molecule has 0 unspecified atom stereocenters. The zero-order chi connectivity index (χ0) is 20.8. The molecule has 8 heteroatoms. The smallest absolute Gasteiger partial charge is 0.314 e. The van der Waals surface area contributed by atoms with Gasteiger partial charge in [0, 0.05) is 17.2 Å². The minimum Gasteiger partial charge on any atom is -0.455 e. The number of anilines is 1. The highest BCUT2D eigenvalue weighted by atomic mass is 35.5. The van der Waals surface area contributed by atoms with Crippen molar-refractivity contribution < 1.29 is 19.2 Å². The van der Waals surface area contributed by atoms with Crippen molar-refractivity contribution in [3.63, 3.8) is 0 Å². The summed E-state index contributed by atoms with van der Waals surface area (Å²) in [6.07, 6.45) is 0. The first-order valence-corrected chi connectivity index (χ1v) is 9.04. The second-order valence-electron chi connectivity index (χ2n) is 6.69. The van der Waals surface area contributed by atoms with Gasteiger partial charge in [0.15, 0.2) is 6.61 Å². The SMILES string of the molecule is Cc1ccc([N+](=O)[O-])cc1NC(=O)COC(=O)[C@H](c1ccc(Cl)cc1)C(C)C. The van der Waals surface area contributed by atoms with Gasteiger partial charge < -0.3 is 10.1 Å². The lowest BCUT2D eigenvalue weighted by atomic mass is 9.88. The molecular weight excluding hydrogens is 384 g/mol. The molecule has 0 aliphatic rings. The molecule has 0 aliphatic heterocycles. The van der Waals surface area contributed by atoms with Crippen LogP contribution in [0.25, 0.3) is 0 Å². The van der Waals surface area contributed by atoms with E-state index in [2.05, 4.69) is 5.32 Å². The highest BCUT2D eigenvalue weighted by molar-refractivity contribution is 6.30. The average molecular weight is 405 g/mol. The molecular formula is C20H21ClN2O5. The summed E-state index contributed by atoms with van der Waals surface area (Å²) in [7, 11) is 0. The van der Waals surface area contributed by atoms with Gasteiger partial charge in [-0.2, -0.15) is 0 Å². The number of amides is 1. The van der Waals surface area contributed by atoms with Crippen LogP contribution in [0.1, 0.15) is 30.9 Å². The molecule has 0 radical (unpaired) electrons. The minimum absolute atomic E-state index is 0.0456. The number of nitro groups is 1. The summed E-state index contributed by atoms with van der Waals surface area (Å²) >= 11 is 5.89. The fourth-order valence-corrected chi connectivity index (χ4v) is 2.86. The first-order chi connectivity index (χ1) is 13.2. The Labute approximate surface area is 167 Å². The normalized spacial score (nSPS) is 11.8. The second-order valence-corrected chi connectivity index (χ2v) is 7.12. The maximum Gasteiger partial charge on any atom is 0.314 e. The van der Waals surface area contributed by atoms with Gasteiger partial charge >= 0.3 is 5.97 Å². The predicted octanol–water partition coefficient (Wildman–Crippen LogP) is 4.48. The Hall–Kier alpha value is -2.93. The number of nitro benzene ring substituents is 1. The number of hydrogen-bond donors (Lipinski definition) is 1. The van der Waals surface area contributed by atoms with Crippen LogP contribution in [0.15, 0.2) is 42.5 Å². The second kappa shape index (κ2) is 9.32. The van der Waals surface area contributed by atoms with Crippen LogP contribution in [-0.4, -0.2) is 23.4 Å². The Morgan fingerprint density at radius 2 is 1.82 bits per heavy atom. The molecule has 7 nitrogen and oxygen atoms in total. The van der Waals surface area contributed by atoms with E-state index in [4.69, 9.17) is 16.3 Å². The van der Waals surface area contributed by atoms with E-state index in [1.807, 2.05) is 13.8 Å². The van der Waals surface area contributed by atoms with E-state index in [-0.39, 0.29) is 11.6 Å². The van der Waals surface area contributed by atoms with Crippen LogP contribution >= 0.6 is 11.6 Å². The molecule has 0 saturated carbocycles. The number of halogens is 1. The summed E-state index contributed by atoms with van der Waals surface area (Å²) in [4.78, 5) is 35.0. The first-order valence-electron chi connectivity index (χ1n) is 8.66. The van der Waals surface area contributed by atoms with Gasteiger partial charge in [-0.3, -0.25) is 19.7 Å². The van der Waals surface area contributed by atoms with Crippen molar-refractivity contribution in [2.45, 2.75) is 26.7 Å². The summed E-state index contributed by atoms with van der Waals surface area (Å²) in [6, 6.07) is 11.0. The molecule has 0 heterocycles. The topological polar surface area (TPSA) is 98.5 Å². The minimum atomic E-state index is -0.574. The Kier molecular flexibility index (Phi) is 7.12. The Morgan fingerprint density at radius 3 is 2.39 bits per heavy atom. The first kappa shape index (κ1) is 21.4. The standard InChI is InChI=1S/C20H21ClN2O5/c1-12(2)19(14-5-7-15(21)8-6-14)20(25)28-11-18(24)22-17-10-16(23(26)27)9-4-13(17)3/h4-10,12,19H,11H2,1-3H3,(H,22,24)/t19-/m0/s1. The Balaban J connectivity index is 2.03. The quantitative estimate of drug-likeness (QED) is 0.416. The molecule has 1 atom stereocenters. The fraction of sp³-hybridized carbons (Fsp3) is 0.300. The van der Waals surface area contributed by atoms with Crippen molar-refractivity contribution in [3.8, 4) is 0 Å².